The smallest absolute Gasteiger partial charge is 0.325 e. The van der Waals surface area contributed by atoms with E-state index in [1.165, 1.54) is 4.90 Å². The van der Waals surface area contributed by atoms with Gasteiger partial charge >= 0.3 is 6.03 Å². The number of rotatable bonds is 8. The summed E-state index contributed by atoms with van der Waals surface area (Å²) in [4.78, 5) is 42.9. The summed E-state index contributed by atoms with van der Waals surface area (Å²) in [6.45, 7) is 0.642. The third-order valence-corrected chi connectivity index (χ3v) is 6.35. The Morgan fingerprint density at radius 1 is 0.972 bits per heavy atom. The predicted molar refractivity (Wildman–Crippen MR) is 138 cm³/mol. The lowest BCUT2D eigenvalue weighted by Crippen LogP contribution is -2.32. The molecule has 0 bridgehead atoms. The zero-order valence-electron chi connectivity index (χ0n) is 19.7. The first-order valence-electron chi connectivity index (χ1n) is 11.9. The number of urea groups is 1. The normalized spacial score (nSPS) is 15.4. The highest BCUT2D eigenvalue weighted by molar-refractivity contribution is 6.05. The van der Waals surface area contributed by atoms with Crippen molar-refractivity contribution in [3.8, 4) is 0 Å². The second kappa shape index (κ2) is 10.1. The van der Waals surface area contributed by atoms with Crippen molar-refractivity contribution in [3.63, 3.8) is 0 Å². The average Bonchev–Trinajstić information content (AvgIpc) is 3.40. The molecule has 5 rings (SSSR count). The number of aromatic nitrogens is 1. The van der Waals surface area contributed by atoms with Crippen LogP contribution in [0.25, 0.3) is 10.9 Å². The monoisotopic (exact) mass is 481 g/mol. The van der Waals surface area contributed by atoms with Crippen LogP contribution in [0.4, 0.5) is 10.5 Å². The number of carbonyl (C=O) groups is 3. The van der Waals surface area contributed by atoms with Gasteiger partial charge in [0.25, 0.3) is 11.8 Å². The van der Waals surface area contributed by atoms with Gasteiger partial charge < -0.3 is 21.4 Å². The standard InChI is InChI=1S/C28H27N5O3/c29-12-11-21-16-30-24-10-9-18(14-23(21)24)15-25-27(35)33(28(36)32-25)17-19-5-4-6-20(13-19)26(34)31-22-7-2-1-3-8-22/h1-10,13-14,16,25,30H,11-12,15,17,29H2,(H,31,34)(H,32,36). The second-order valence-corrected chi connectivity index (χ2v) is 8.88. The van der Waals surface area contributed by atoms with Crippen LogP contribution in [0, 0.1) is 0 Å². The lowest BCUT2D eigenvalue weighted by atomic mass is 10.0. The van der Waals surface area contributed by atoms with Crippen molar-refractivity contribution < 1.29 is 14.4 Å². The van der Waals surface area contributed by atoms with E-state index in [1.807, 2.05) is 54.7 Å². The number of H-pyrrole nitrogens is 1. The van der Waals surface area contributed by atoms with Crippen LogP contribution < -0.4 is 16.4 Å². The van der Waals surface area contributed by atoms with Gasteiger partial charge in [-0.05, 0) is 66.1 Å². The number of nitrogens with two attached hydrogens (primary N) is 1. The summed E-state index contributed by atoms with van der Waals surface area (Å²) in [5, 5.41) is 6.73. The molecule has 1 aromatic heterocycles. The Kier molecular flexibility index (Phi) is 6.51. The number of nitrogens with zero attached hydrogens (tertiary/aromatic N) is 1. The highest BCUT2D eigenvalue weighted by Gasteiger charge is 2.37. The Morgan fingerprint density at radius 2 is 1.81 bits per heavy atom. The number of aromatic amines is 1. The molecule has 2 heterocycles. The molecule has 5 N–H and O–H groups in total. The molecule has 1 aliphatic rings. The molecule has 1 aliphatic heterocycles. The Labute approximate surface area is 208 Å². The molecule has 0 aliphatic carbocycles. The van der Waals surface area contributed by atoms with Gasteiger partial charge in [0.1, 0.15) is 6.04 Å². The number of hydrogen-bond donors (Lipinski definition) is 4. The van der Waals surface area contributed by atoms with Crippen LogP contribution in [0.3, 0.4) is 0 Å². The highest BCUT2D eigenvalue weighted by Crippen LogP contribution is 2.23. The van der Waals surface area contributed by atoms with Crippen molar-refractivity contribution in [2.45, 2.75) is 25.4 Å². The number of imide groups is 1. The molecular weight excluding hydrogens is 454 g/mol. The molecule has 1 atom stereocenters. The van der Waals surface area contributed by atoms with Crippen molar-refractivity contribution in [2.24, 2.45) is 5.73 Å². The van der Waals surface area contributed by atoms with Gasteiger partial charge in [-0.25, -0.2) is 4.79 Å². The Bertz CT molecular complexity index is 1430. The van der Waals surface area contributed by atoms with Gasteiger partial charge in [-0.1, -0.05) is 36.4 Å². The lowest BCUT2D eigenvalue weighted by Gasteiger charge is -2.14. The molecule has 0 saturated carbocycles. The van der Waals surface area contributed by atoms with Crippen LogP contribution in [0.1, 0.15) is 27.0 Å². The minimum Gasteiger partial charge on any atom is -0.361 e. The van der Waals surface area contributed by atoms with Crippen molar-refractivity contribution in [1.82, 2.24) is 15.2 Å². The van der Waals surface area contributed by atoms with Crippen LogP contribution in [-0.2, 0) is 24.2 Å². The number of anilines is 1. The fourth-order valence-electron chi connectivity index (χ4n) is 4.53. The van der Waals surface area contributed by atoms with Crippen molar-refractivity contribution in [3.05, 3.63) is 101 Å². The summed E-state index contributed by atoms with van der Waals surface area (Å²) in [6, 6.07) is 21.0. The first-order chi connectivity index (χ1) is 17.5. The third kappa shape index (κ3) is 4.85. The second-order valence-electron chi connectivity index (χ2n) is 8.88. The van der Waals surface area contributed by atoms with Crippen molar-refractivity contribution >= 4 is 34.4 Å². The largest absolute Gasteiger partial charge is 0.361 e. The van der Waals surface area contributed by atoms with Crippen LogP contribution in [0.5, 0.6) is 0 Å². The Morgan fingerprint density at radius 3 is 2.61 bits per heavy atom. The van der Waals surface area contributed by atoms with Gasteiger partial charge in [0, 0.05) is 34.8 Å². The van der Waals surface area contributed by atoms with E-state index in [9.17, 15) is 14.4 Å². The van der Waals surface area contributed by atoms with E-state index in [-0.39, 0.29) is 18.4 Å². The van der Waals surface area contributed by atoms with E-state index >= 15 is 0 Å². The zero-order valence-corrected chi connectivity index (χ0v) is 19.7. The lowest BCUT2D eigenvalue weighted by molar-refractivity contribution is -0.127. The number of amides is 4. The van der Waals surface area contributed by atoms with Gasteiger partial charge in [-0.2, -0.15) is 0 Å². The number of para-hydroxylation sites is 1. The van der Waals surface area contributed by atoms with E-state index in [0.29, 0.717) is 29.8 Å². The quantitative estimate of drug-likeness (QED) is 0.288. The zero-order chi connectivity index (χ0) is 25.1. The molecule has 4 amide bonds. The first kappa shape index (κ1) is 23.3. The molecule has 182 valence electrons. The SMILES string of the molecule is NCCc1c[nH]c2ccc(CC3NC(=O)N(Cc4cccc(C(=O)Nc5ccccc5)c4)C3=O)cc12. The summed E-state index contributed by atoms with van der Waals surface area (Å²) in [7, 11) is 0. The summed E-state index contributed by atoms with van der Waals surface area (Å²) in [5.41, 5.74) is 10.7. The van der Waals surface area contributed by atoms with Gasteiger partial charge in [0.2, 0.25) is 0 Å². The molecule has 8 nitrogen and oxygen atoms in total. The van der Waals surface area contributed by atoms with E-state index in [4.69, 9.17) is 5.73 Å². The fraction of sp³-hybridized carbons (Fsp3) is 0.179. The van der Waals surface area contributed by atoms with Gasteiger partial charge in [0.15, 0.2) is 0 Å². The molecule has 3 aromatic carbocycles. The molecule has 1 unspecified atom stereocenters. The minimum absolute atomic E-state index is 0.0884. The Balaban J connectivity index is 1.27. The van der Waals surface area contributed by atoms with Gasteiger partial charge in [-0.15, -0.1) is 0 Å². The maximum absolute atomic E-state index is 13.1. The van der Waals surface area contributed by atoms with Gasteiger partial charge in [-0.3, -0.25) is 14.5 Å². The molecule has 0 spiro atoms. The predicted octanol–water partition coefficient (Wildman–Crippen LogP) is 3.58. The number of fused-ring (bicyclic) bond motifs is 1. The topological polar surface area (TPSA) is 120 Å². The number of hydrogen-bond acceptors (Lipinski definition) is 4. The number of benzene rings is 3. The fourth-order valence-corrected chi connectivity index (χ4v) is 4.53. The first-order valence-corrected chi connectivity index (χ1v) is 11.9. The number of nitrogens with one attached hydrogen (secondary N) is 3. The molecule has 1 saturated heterocycles. The van der Waals surface area contributed by atoms with Crippen LogP contribution in [0.15, 0.2) is 79.0 Å². The number of carbonyl (C=O) groups excluding carboxylic acids is 3. The van der Waals surface area contributed by atoms with E-state index in [1.54, 1.807) is 24.3 Å². The van der Waals surface area contributed by atoms with Crippen LogP contribution in [0.2, 0.25) is 0 Å². The van der Waals surface area contributed by atoms with Gasteiger partial charge in [0.05, 0.1) is 6.54 Å². The van der Waals surface area contributed by atoms with E-state index < -0.39 is 12.1 Å². The van der Waals surface area contributed by atoms with Crippen molar-refractivity contribution in [1.29, 1.82) is 0 Å². The van der Waals surface area contributed by atoms with Crippen molar-refractivity contribution in [2.75, 3.05) is 11.9 Å². The molecule has 4 aromatic rings. The minimum atomic E-state index is -0.642. The summed E-state index contributed by atoms with van der Waals surface area (Å²) < 4.78 is 0. The van der Waals surface area contributed by atoms with E-state index in [2.05, 4.69) is 15.6 Å². The molecule has 0 radical (unpaired) electrons. The highest BCUT2D eigenvalue weighted by atomic mass is 16.2. The average molecular weight is 482 g/mol. The molecular formula is C28H27N5O3. The molecule has 36 heavy (non-hydrogen) atoms. The molecule has 8 heteroatoms. The third-order valence-electron chi connectivity index (χ3n) is 6.35. The van der Waals surface area contributed by atoms with E-state index in [0.717, 1.165) is 28.5 Å². The summed E-state index contributed by atoms with van der Waals surface area (Å²) in [5.74, 6) is -0.539. The maximum atomic E-state index is 13.1. The van der Waals surface area contributed by atoms with Crippen LogP contribution >= 0.6 is 0 Å². The summed E-state index contributed by atoms with van der Waals surface area (Å²) in [6.07, 6.45) is 3.11. The molecule has 1 fully saturated rings. The Hall–Kier alpha value is -4.43. The summed E-state index contributed by atoms with van der Waals surface area (Å²) >= 11 is 0. The van der Waals surface area contributed by atoms with Crippen LogP contribution in [-0.4, -0.2) is 40.3 Å². The maximum Gasteiger partial charge on any atom is 0.325 e.